The van der Waals surface area contributed by atoms with E-state index in [0.717, 1.165) is 32.2 Å². The first kappa shape index (κ1) is 20.0. The van der Waals surface area contributed by atoms with Crippen LogP contribution in [0.1, 0.15) is 44.9 Å². The number of hydrogen-bond donors (Lipinski definition) is 1. The average Bonchev–Trinajstić information content (AvgIpc) is 2.75. The van der Waals surface area contributed by atoms with Gasteiger partial charge in [0.1, 0.15) is 5.82 Å². The van der Waals surface area contributed by atoms with Crippen molar-refractivity contribution in [1.29, 1.82) is 0 Å². The Bertz CT molecular complexity index is 923. The predicted molar refractivity (Wildman–Crippen MR) is 115 cm³/mol. The third-order valence-corrected chi connectivity index (χ3v) is 6.14. The Labute approximate surface area is 175 Å². The number of rotatable bonds is 4. The van der Waals surface area contributed by atoms with Gasteiger partial charge in [-0.15, -0.1) is 5.10 Å². The maximum absolute atomic E-state index is 12.8. The van der Waals surface area contributed by atoms with Gasteiger partial charge in [-0.25, -0.2) is 0 Å². The van der Waals surface area contributed by atoms with Crippen molar-refractivity contribution in [3.63, 3.8) is 0 Å². The number of nitrogens with zero attached hydrogens (tertiary/aromatic N) is 3. The van der Waals surface area contributed by atoms with E-state index in [2.05, 4.69) is 15.3 Å². The van der Waals surface area contributed by atoms with Gasteiger partial charge in [-0.1, -0.05) is 36.9 Å². The second-order valence-corrected chi connectivity index (χ2v) is 8.49. The molecule has 2 heterocycles. The monoisotopic (exact) mass is 414 g/mol. The van der Waals surface area contributed by atoms with Gasteiger partial charge in [0.05, 0.1) is 11.6 Å². The van der Waals surface area contributed by atoms with E-state index in [1.54, 1.807) is 30.3 Å². The highest BCUT2D eigenvalue weighted by molar-refractivity contribution is 6.30. The number of nitrogens with one attached hydrogen (secondary N) is 1. The SMILES string of the molecule is O=C(NC1CCCCC1)[C@H]1CCCN(c2ccc(=O)n(-c3cccc(Cl)c3)n2)C1. The molecular weight excluding hydrogens is 388 g/mol. The number of carbonyl (C=O) groups is 1. The van der Waals surface area contributed by atoms with Crippen molar-refractivity contribution in [3.8, 4) is 5.69 Å². The Balaban J connectivity index is 1.48. The number of anilines is 1. The van der Waals surface area contributed by atoms with E-state index in [1.165, 1.54) is 30.0 Å². The van der Waals surface area contributed by atoms with E-state index in [-0.39, 0.29) is 17.4 Å². The fourth-order valence-electron chi connectivity index (χ4n) is 4.33. The molecule has 1 aliphatic carbocycles. The molecule has 1 aromatic heterocycles. The van der Waals surface area contributed by atoms with Crippen molar-refractivity contribution in [2.24, 2.45) is 5.92 Å². The number of benzene rings is 1. The molecule has 1 N–H and O–H groups in total. The van der Waals surface area contributed by atoms with Crippen LogP contribution in [0.2, 0.25) is 5.02 Å². The van der Waals surface area contributed by atoms with Crippen LogP contribution in [-0.2, 0) is 4.79 Å². The van der Waals surface area contributed by atoms with Gasteiger partial charge in [-0.3, -0.25) is 9.59 Å². The normalized spacial score (nSPS) is 20.4. The van der Waals surface area contributed by atoms with Crippen LogP contribution in [0.3, 0.4) is 0 Å². The van der Waals surface area contributed by atoms with Crippen molar-refractivity contribution in [2.75, 3.05) is 18.0 Å². The lowest BCUT2D eigenvalue weighted by Crippen LogP contribution is -2.46. The van der Waals surface area contributed by atoms with Crippen LogP contribution in [-0.4, -0.2) is 34.8 Å². The first-order valence-electron chi connectivity index (χ1n) is 10.5. The lowest BCUT2D eigenvalue weighted by Gasteiger charge is -2.34. The molecule has 2 aromatic rings. The minimum absolute atomic E-state index is 0.0426. The number of halogens is 1. The largest absolute Gasteiger partial charge is 0.354 e. The molecule has 1 aromatic carbocycles. The molecule has 1 atom stereocenters. The highest BCUT2D eigenvalue weighted by atomic mass is 35.5. The lowest BCUT2D eigenvalue weighted by atomic mass is 9.93. The number of amides is 1. The number of piperidine rings is 1. The molecule has 0 radical (unpaired) electrons. The van der Waals surface area contributed by atoms with Crippen LogP contribution in [0, 0.1) is 5.92 Å². The quantitative estimate of drug-likeness (QED) is 0.830. The maximum atomic E-state index is 12.8. The van der Waals surface area contributed by atoms with Gasteiger partial charge in [0.15, 0.2) is 0 Å². The summed E-state index contributed by atoms with van der Waals surface area (Å²) in [5.41, 5.74) is 0.424. The zero-order valence-corrected chi connectivity index (χ0v) is 17.3. The van der Waals surface area contributed by atoms with Crippen molar-refractivity contribution >= 4 is 23.3 Å². The van der Waals surface area contributed by atoms with Crippen LogP contribution < -0.4 is 15.8 Å². The summed E-state index contributed by atoms with van der Waals surface area (Å²) in [6.07, 6.45) is 7.69. The first-order valence-corrected chi connectivity index (χ1v) is 10.9. The average molecular weight is 415 g/mol. The van der Waals surface area contributed by atoms with Crippen LogP contribution >= 0.6 is 11.6 Å². The summed E-state index contributed by atoms with van der Waals surface area (Å²) < 4.78 is 1.37. The molecular formula is C22H27ClN4O2. The molecule has 0 bridgehead atoms. The Kier molecular flexibility index (Phi) is 6.19. The molecule has 154 valence electrons. The fraction of sp³-hybridized carbons (Fsp3) is 0.500. The molecule has 1 saturated carbocycles. The zero-order valence-electron chi connectivity index (χ0n) is 16.5. The van der Waals surface area contributed by atoms with Gasteiger partial charge in [0.2, 0.25) is 5.91 Å². The summed E-state index contributed by atoms with van der Waals surface area (Å²) >= 11 is 6.07. The Morgan fingerprint density at radius 3 is 2.69 bits per heavy atom. The van der Waals surface area contributed by atoms with E-state index < -0.39 is 0 Å². The summed E-state index contributed by atoms with van der Waals surface area (Å²) in [4.78, 5) is 27.2. The highest BCUT2D eigenvalue weighted by Gasteiger charge is 2.28. The fourth-order valence-corrected chi connectivity index (χ4v) is 4.51. The van der Waals surface area contributed by atoms with E-state index in [4.69, 9.17) is 11.6 Å². The van der Waals surface area contributed by atoms with E-state index in [1.807, 2.05) is 0 Å². The standard InChI is InChI=1S/C22H27ClN4O2/c23-17-7-4-10-19(14-17)27-21(28)12-11-20(25-27)26-13-5-6-16(15-26)22(29)24-18-8-2-1-3-9-18/h4,7,10-12,14,16,18H,1-3,5-6,8-9,13,15H2,(H,24,29)/t16-/m0/s1. The van der Waals surface area contributed by atoms with Crippen LogP contribution in [0.15, 0.2) is 41.2 Å². The Morgan fingerprint density at radius 1 is 1.07 bits per heavy atom. The molecule has 1 aliphatic heterocycles. The smallest absolute Gasteiger partial charge is 0.271 e. The van der Waals surface area contributed by atoms with Crippen molar-refractivity contribution in [1.82, 2.24) is 15.1 Å². The molecule has 6 nitrogen and oxygen atoms in total. The predicted octanol–water partition coefficient (Wildman–Crippen LogP) is 3.55. The third kappa shape index (κ3) is 4.81. The van der Waals surface area contributed by atoms with Crippen molar-refractivity contribution in [3.05, 3.63) is 51.8 Å². The lowest BCUT2D eigenvalue weighted by molar-refractivity contribution is -0.126. The number of carbonyl (C=O) groups excluding carboxylic acids is 1. The minimum atomic E-state index is -0.209. The van der Waals surface area contributed by atoms with E-state index in [0.29, 0.717) is 29.1 Å². The third-order valence-electron chi connectivity index (χ3n) is 5.91. The van der Waals surface area contributed by atoms with Crippen molar-refractivity contribution < 1.29 is 4.79 Å². The number of hydrogen-bond acceptors (Lipinski definition) is 4. The van der Waals surface area contributed by atoms with Crippen LogP contribution in [0.25, 0.3) is 5.69 Å². The highest BCUT2D eigenvalue weighted by Crippen LogP contribution is 2.23. The second-order valence-electron chi connectivity index (χ2n) is 8.05. The summed E-state index contributed by atoms with van der Waals surface area (Å²) in [6.45, 7) is 1.45. The molecule has 4 rings (SSSR count). The summed E-state index contributed by atoms with van der Waals surface area (Å²) in [5, 5.41) is 8.37. The zero-order chi connectivity index (χ0) is 20.2. The van der Waals surface area contributed by atoms with Crippen molar-refractivity contribution in [2.45, 2.75) is 51.0 Å². The minimum Gasteiger partial charge on any atom is -0.354 e. The summed E-state index contributed by atoms with van der Waals surface area (Å²) in [6, 6.07) is 10.7. The molecule has 0 spiro atoms. The van der Waals surface area contributed by atoms with Gasteiger partial charge in [0, 0.05) is 30.2 Å². The first-order chi connectivity index (χ1) is 14.1. The molecule has 2 aliphatic rings. The molecule has 0 unspecified atom stereocenters. The van der Waals surface area contributed by atoms with Gasteiger partial charge in [-0.05, 0) is 49.9 Å². The second kappa shape index (κ2) is 8.99. The van der Waals surface area contributed by atoms with Gasteiger partial charge >= 0.3 is 0 Å². The van der Waals surface area contributed by atoms with Gasteiger partial charge in [-0.2, -0.15) is 4.68 Å². The summed E-state index contributed by atoms with van der Waals surface area (Å²) in [7, 11) is 0. The maximum Gasteiger partial charge on any atom is 0.271 e. The van der Waals surface area contributed by atoms with Gasteiger partial charge in [0.25, 0.3) is 5.56 Å². The Hall–Kier alpha value is -2.34. The Morgan fingerprint density at radius 2 is 1.90 bits per heavy atom. The summed E-state index contributed by atoms with van der Waals surface area (Å²) in [5.74, 6) is 0.823. The number of aromatic nitrogens is 2. The molecule has 1 saturated heterocycles. The van der Waals surface area contributed by atoms with E-state index in [9.17, 15) is 9.59 Å². The molecule has 1 amide bonds. The molecule has 29 heavy (non-hydrogen) atoms. The topological polar surface area (TPSA) is 67.2 Å². The molecule has 2 fully saturated rings. The molecule has 7 heteroatoms. The van der Waals surface area contributed by atoms with Crippen LogP contribution in [0.5, 0.6) is 0 Å². The van der Waals surface area contributed by atoms with Gasteiger partial charge < -0.3 is 10.2 Å². The van der Waals surface area contributed by atoms with Crippen LogP contribution in [0.4, 0.5) is 5.82 Å². The van der Waals surface area contributed by atoms with E-state index >= 15 is 0 Å².